The van der Waals surface area contributed by atoms with Crippen LogP contribution in [0.3, 0.4) is 0 Å². The third kappa shape index (κ3) is 3.24. The van der Waals surface area contributed by atoms with E-state index in [1.54, 1.807) is 35.2 Å². The summed E-state index contributed by atoms with van der Waals surface area (Å²) in [7, 11) is 0. The lowest BCUT2D eigenvalue weighted by Crippen LogP contribution is -2.15. The number of primary amides is 1. The lowest BCUT2D eigenvalue weighted by atomic mass is 10.1. The molecule has 0 unspecified atom stereocenters. The first kappa shape index (κ1) is 18.7. The van der Waals surface area contributed by atoms with Crippen LogP contribution in [0.25, 0.3) is 28.3 Å². The van der Waals surface area contributed by atoms with Gasteiger partial charge in [-0.15, -0.1) is 0 Å². The van der Waals surface area contributed by atoms with Gasteiger partial charge in [0.25, 0.3) is 5.91 Å². The molecule has 1 amide bonds. The average molecular weight is 396 g/mol. The Labute approximate surface area is 164 Å². The minimum Gasteiger partial charge on any atom is -0.364 e. The molecule has 0 aliphatic heterocycles. The minimum absolute atomic E-state index is 0.133. The number of hydrogen-bond donors (Lipinski definition) is 1. The van der Waals surface area contributed by atoms with Crippen LogP contribution in [0.4, 0.5) is 8.78 Å². The molecule has 148 valence electrons. The number of imidazole rings is 2. The summed E-state index contributed by atoms with van der Waals surface area (Å²) in [5.41, 5.74) is 8.21. The number of aromatic nitrogens is 5. The molecule has 7 nitrogen and oxygen atoms in total. The Bertz CT molecular complexity index is 1180. The van der Waals surface area contributed by atoms with Crippen LogP contribution in [0.15, 0.2) is 48.9 Å². The summed E-state index contributed by atoms with van der Waals surface area (Å²) in [6.07, 6.45) is 3.45. The van der Waals surface area contributed by atoms with E-state index in [0.717, 1.165) is 0 Å². The van der Waals surface area contributed by atoms with Crippen LogP contribution in [0.2, 0.25) is 0 Å². The first-order valence-corrected chi connectivity index (χ1v) is 9.07. The van der Waals surface area contributed by atoms with Gasteiger partial charge < -0.3 is 10.3 Å². The molecular weight excluding hydrogens is 378 g/mol. The van der Waals surface area contributed by atoms with Gasteiger partial charge in [-0.1, -0.05) is 6.92 Å². The Morgan fingerprint density at radius 2 is 1.93 bits per heavy atom. The van der Waals surface area contributed by atoms with Crippen molar-refractivity contribution in [2.24, 2.45) is 5.73 Å². The van der Waals surface area contributed by atoms with Gasteiger partial charge in [-0.3, -0.25) is 4.79 Å². The van der Waals surface area contributed by atoms with Gasteiger partial charge >= 0.3 is 0 Å². The molecule has 3 heterocycles. The summed E-state index contributed by atoms with van der Waals surface area (Å²) in [4.78, 5) is 20.3. The van der Waals surface area contributed by atoms with E-state index >= 15 is 0 Å². The Hall–Kier alpha value is -3.62. The van der Waals surface area contributed by atoms with Crippen LogP contribution in [0.5, 0.6) is 0 Å². The van der Waals surface area contributed by atoms with Crippen molar-refractivity contribution in [3.05, 3.63) is 60.4 Å². The number of alkyl halides is 1. The number of hydrogen-bond acceptors (Lipinski definition) is 4. The fourth-order valence-electron chi connectivity index (χ4n) is 3.26. The molecule has 9 heteroatoms. The Morgan fingerprint density at radius 3 is 2.59 bits per heavy atom. The first-order valence-electron chi connectivity index (χ1n) is 9.07. The predicted molar refractivity (Wildman–Crippen MR) is 103 cm³/mol. The number of benzene rings is 1. The summed E-state index contributed by atoms with van der Waals surface area (Å²) >= 11 is 0. The third-order valence-electron chi connectivity index (χ3n) is 4.81. The Morgan fingerprint density at radius 1 is 1.17 bits per heavy atom. The van der Waals surface area contributed by atoms with Crippen LogP contribution in [-0.4, -0.2) is 36.7 Å². The number of amides is 1. The van der Waals surface area contributed by atoms with Gasteiger partial charge in [0, 0.05) is 5.56 Å². The quantitative estimate of drug-likeness (QED) is 0.541. The Kier molecular flexibility index (Phi) is 4.79. The molecule has 2 N–H and O–H groups in total. The highest BCUT2D eigenvalue weighted by molar-refractivity contribution is 5.91. The standard InChI is InChI=1S/C20H18F2N6O/c1-2-14(9-21)27-11-25-18(12-3-5-13(22)6-4-12)19(27)15-7-8-17-24-10-16(20(23)29)28(17)26-15/h3-8,10-11,14H,2,9H2,1H3,(H2,23,29)/t14-/m0/s1. The Balaban J connectivity index is 1.96. The van der Waals surface area contributed by atoms with E-state index < -0.39 is 18.6 Å². The van der Waals surface area contributed by atoms with Crippen LogP contribution < -0.4 is 5.73 Å². The van der Waals surface area contributed by atoms with E-state index in [0.29, 0.717) is 34.7 Å². The molecule has 1 aromatic carbocycles. The maximum absolute atomic E-state index is 13.7. The number of fused-ring (bicyclic) bond motifs is 1. The van der Waals surface area contributed by atoms with E-state index in [9.17, 15) is 13.6 Å². The number of nitrogens with two attached hydrogens (primary N) is 1. The summed E-state index contributed by atoms with van der Waals surface area (Å²) < 4.78 is 30.1. The van der Waals surface area contributed by atoms with E-state index in [1.807, 2.05) is 6.92 Å². The fourth-order valence-corrected chi connectivity index (χ4v) is 3.26. The fraction of sp³-hybridized carbons (Fsp3) is 0.200. The van der Waals surface area contributed by atoms with Gasteiger partial charge in [-0.25, -0.2) is 23.3 Å². The molecular formula is C20H18F2N6O. The van der Waals surface area contributed by atoms with Crippen LogP contribution in [-0.2, 0) is 0 Å². The van der Waals surface area contributed by atoms with E-state index in [1.165, 1.54) is 22.8 Å². The largest absolute Gasteiger partial charge is 0.364 e. The van der Waals surface area contributed by atoms with Gasteiger partial charge in [0.05, 0.1) is 30.0 Å². The van der Waals surface area contributed by atoms with Gasteiger partial charge in [-0.05, 0) is 42.8 Å². The molecule has 4 aromatic rings. The van der Waals surface area contributed by atoms with Crippen LogP contribution in [0.1, 0.15) is 29.9 Å². The van der Waals surface area contributed by atoms with Crippen molar-refractivity contribution in [3.8, 4) is 22.6 Å². The molecule has 4 rings (SSSR count). The molecule has 0 radical (unpaired) electrons. The topological polar surface area (TPSA) is 91.1 Å². The number of carbonyl (C=O) groups excluding carboxylic acids is 1. The summed E-state index contributed by atoms with van der Waals surface area (Å²) in [5, 5.41) is 4.51. The molecule has 0 saturated heterocycles. The first-order chi connectivity index (χ1) is 14.0. The second-order valence-corrected chi connectivity index (χ2v) is 6.57. The zero-order chi connectivity index (χ0) is 20.5. The molecule has 0 spiro atoms. The summed E-state index contributed by atoms with van der Waals surface area (Å²) in [6.45, 7) is 1.30. The lowest BCUT2D eigenvalue weighted by Gasteiger charge is -2.17. The molecule has 0 aliphatic carbocycles. The smallest absolute Gasteiger partial charge is 0.269 e. The number of nitrogens with zero attached hydrogens (tertiary/aromatic N) is 5. The minimum atomic E-state index is -0.662. The van der Waals surface area contributed by atoms with Crippen LogP contribution in [0, 0.1) is 5.82 Å². The van der Waals surface area contributed by atoms with E-state index in [-0.39, 0.29) is 11.5 Å². The highest BCUT2D eigenvalue weighted by Gasteiger charge is 2.22. The zero-order valence-electron chi connectivity index (χ0n) is 15.6. The van der Waals surface area contributed by atoms with Crippen molar-refractivity contribution in [1.29, 1.82) is 0 Å². The molecule has 0 saturated carbocycles. The third-order valence-corrected chi connectivity index (χ3v) is 4.81. The predicted octanol–water partition coefficient (Wildman–Crippen LogP) is 3.42. The zero-order valence-corrected chi connectivity index (χ0v) is 15.6. The summed E-state index contributed by atoms with van der Waals surface area (Å²) in [5.74, 6) is -1.03. The molecule has 0 bridgehead atoms. The normalized spacial score (nSPS) is 12.4. The van der Waals surface area contributed by atoms with Gasteiger partial charge in [-0.2, -0.15) is 5.10 Å². The second kappa shape index (κ2) is 7.42. The highest BCUT2D eigenvalue weighted by Crippen LogP contribution is 2.33. The van der Waals surface area contributed by atoms with Crippen molar-refractivity contribution < 1.29 is 13.6 Å². The lowest BCUT2D eigenvalue weighted by molar-refractivity contribution is 0.0993. The van der Waals surface area contributed by atoms with Gasteiger partial charge in [0.1, 0.15) is 23.9 Å². The van der Waals surface area contributed by atoms with Crippen molar-refractivity contribution in [2.45, 2.75) is 19.4 Å². The van der Waals surface area contributed by atoms with Crippen LogP contribution >= 0.6 is 0 Å². The monoisotopic (exact) mass is 396 g/mol. The highest BCUT2D eigenvalue weighted by atomic mass is 19.1. The maximum atomic E-state index is 13.7. The number of carbonyl (C=O) groups is 1. The van der Waals surface area contributed by atoms with Crippen molar-refractivity contribution in [3.63, 3.8) is 0 Å². The second-order valence-electron chi connectivity index (χ2n) is 6.57. The van der Waals surface area contributed by atoms with Gasteiger partial charge in [0.15, 0.2) is 5.65 Å². The number of halogens is 2. The number of rotatable bonds is 6. The van der Waals surface area contributed by atoms with E-state index in [4.69, 9.17) is 5.73 Å². The molecule has 29 heavy (non-hydrogen) atoms. The van der Waals surface area contributed by atoms with Crippen molar-refractivity contribution >= 4 is 11.6 Å². The molecule has 3 aromatic heterocycles. The average Bonchev–Trinajstić information content (AvgIpc) is 3.33. The van der Waals surface area contributed by atoms with Gasteiger partial charge in [0.2, 0.25) is 0 Å². The van der Waals surface area contributed by atoms with E-state index in [2.05, 4.69) is 15.1 Å². The molecule has 1 atom stereocenters. The SMILES string of the molecule is CC[C@@H](CF)n1cnc(-c2ccc(F)cc2)c1-c1ccc2ncc(C(N)=O)n2n1. The van der Waals surface area contributed by atoms with Crippen molar-refractivity contribution in [2.75, 3.05) is 6.67 Å². The summed E-state index contributed by atoms with van der Waals surface area (Å²) in [6, 6.07) is 8.85. The molecule has 0 aliphatic rings. The van der Waals surface area contributed by atoms with Crippen molar-refractivity contribution in [1.82, 2.24) is 24.1 Å². The maximum Gasteiger partial charge on any atom is 0.269 e. The molecule has 0 fully saturated rings.